The van der Waals surface area contributed by atoms with Crippen molar-refractivity contribution in [1.82, 2.24) is 0 Å². The van der Waals surface area contributed by atoms with E-state index in [1.165, 1.54) is 0 Å². The van der Waals surface area contributed by atoms with Crippen LogP contribution in [0.3, 0.4) is 0 Å². The Labute approximate surface area is 72.6 Å². The summed E-state index contributed by atoms with van der Waals surface area (Å²) >= 11 is 0. The number of hydrogen-bond donors (Lipinski definition) is 4. The van der Waals surface area contributed by atoms with E-state index in [0.717, 1.165) is 12.8 Å². The van der Waals surface area contributed by atoms with Crippen molar-refractivity contribution in [3.05, 3.63) is 0 Å². The lowest BCUT2D eigenvalue weighted by Gasteiger charge is -2.52. The molecule has 70 valence electrons. The molecule has 0 spiro atoms. The maximum absolute atomic E-state index is 5.96. The van der Waals surface area contributed by atoms with Gasteiger partial charge >= 0.3 is 0 Å². The molecule has 4 heteroatoms. The van der Waals surface area contributed by atoms with E-state index in [0.29, 0.717) is 11.8 Å². The van der Waals surface area contributed by atoms with Crippen LogP contribution in [0.1, 0.15) is 12.8 Å². The van der Waals surface area contributed by atoms with Gasteiger partial charge in [0.1, 0.15) is 0 Å². The van der Waals surface area contributed by atoms with Crippen molar-refractivity contribution in [3.63, 3.8) is 0 Å². The van der Waals surface area contributed by atoms with E-state index in [2.05, 4.69) is 0 Å². The van der Waals surface area contributed by atoms with Gasteiger partial charge < -0.3 is 22.9 Å². The molecule has 3 rings (SSSR count). The van der Waals surface area contributed by atoms with Gasteiger partial charge in [0.25, 0.3) is 0 Å². The fourth-order valence-corrected chi connectivity index (χ4v) is 2.81. The van der Waals surface area contributed by atoms with E-state index in [9.17, 15) is 0 Å². The van der Waals surface area contributed by atoms with Crippen LogP contribution in [0.25, 0.3) is 0 Å². The van der Waals surface area contributed by atoms with Crippen LogP contribution in [0.4, 0.5) is 0 Å². The van der Waals surface area contributed by atoms with Gasteiger partial charge in [0.2, 0.25) is 0 Å². The second-order valence-electron chi connectivity index (χ2n) is 4.21. The van der Waals surface area contributed by atoms with Crippen LogP contribution in [-0.4, -0.2) is 24.2 Å². The molecule has 8 N–H and O–H groups in total. The summed E-state index contributed by atoms with van der Waals surface area (Å²) in [5.74, 6) is 0.694. The Morgan fingerprint density at radius 3 is 1.08 bits per heavy atom. The van der Waals surface area contributed by atoms with Gasteiger partial charge in [-0.15, -0.1) is 0 Å². The highest BCUT2D eigenvalue weighted by atomic mass is 14.9. The highest BCUT2D eigenvalue weighted by Gasteiger charge is 2.48. The van der Waals surface area contributed by atoms with Crippen LogP contribution in [0.5, 0.6) is 0 Å². The van der Waals surface area contributed by atoms with Crippen molar-refractivity contribution in [3.8, 4) is 0 Å². The molecule has 0 aliphatic heterocycles. The normalized spacial score (nSPS) is 59.0. The van der Waals surface area contributed by atoms with E-state index in [1.807, 2.05) is 0 Å². The van der Waals surface area contributed by atoms with Crippen LogP contribution in [-0.2, 0) is 0 Å². The first-order valence-corrected chi connectivity index (χ1v) is 4.65. The zero-order valence-electron chi connectivity index (χ0n) is 7.19. The number of hydrogen-bond acceptors (Lipinski definition) is 4. The van der Waals surface area contributed by atoms with E-state index < -0.39 is 0 Å². The minimum Gasteiger partial charge on any atom is -0.326 e. The van der Waals surface area contributed by atoms with Gasteiger partial charge in [-0.2, -0.15) is 0 Å². The molecule has 3 aliphatic carbocycles. The zero-order chi connectivity index (χ0) is 8.88. The molecule has 0 aromatic heterocycles. The lowest BCUT2D eigenvalue weighted by molar-refractivity contribution is 0.0731. The van der Waals surface area contributed by atoms with Gasteiger partial charge in [0.15, 0.2) is 0 Å². The summed E-state index contributed by atoms with van der Waals surface area (Å²) in [4.78, 5) is 0. The third-order valence-electron chi connectivity index (χ3n) is 3.70. The summed E-state index contributed by atoms with van der Waals surface area (Å²) in [6, 6.07) is 0.272. The summed E-state index contributed by atoms with van der Waals surface area (Å²) in [7, 11) is 0. The number of nitrogens with two attached hydrogens (primary N) is 4. The molecule has 3 fully saturated rings. The molecule has 12 heavy (non-hydrogen) atoms. The highest BCUT2D eigenvalue weighted by Crippen LogP contribution is 2.38. The SMILES string of the molecule is NC1C(N)C2CCC1C(N)C2N. The molecular formula is C8H18N4. The van der Waals surface area contributed by atoms with Gasteiger partial charge in [-0.1, -0.05) is 0 Å². The fourth-order valence-electron chi connectivity index (χ4n) is 2.81. The molecule has 0 amide bonds. The largest absolute Gasteiger partial charge is 0.326 e. The van der Waals surface area contributed by atoms with Gasteiger partial charge in [-0.3, -0.25) is 0 Å². The molecule has 0 heterocycles. The van der Waals surface area contributed by atoms with Crippen molar-refractivity contribution >= 4 is 0 Å². The summed E-state index contributed by atoms with van der Waals surface area (Å²) in [6.07, 6.45) is 2.21. The quantitative estimate of drug-likeness (QED) is 0.349. The smallest absolute Gasteiger partial charge is 0.0239 e. The molecule has 0 saturated heterocycles. The lowest BCUT2D eigenvalue weighted by atomic mass is 9.61. The summed E-state index contributed by atoms with van der Waals surface area (Å²) in [5, 5.41) is 0. The fraction of sp³-hybridized carbons (Fsp3) is 1.00. The molecule has 3 saturated carbocycles. The van der Waals surface area contributed by atoms with Crippen molar-refractivity contribution in [2.24, 2.45) is 34.8 Å². The van der Waals surface area contributed by atoms with Gasteiger partial charge in [-0.05, 0) is 24.7 Å². The number of rotatable bonds is 0. The molecular weight excluding hydrogens is 152 g/mol. The second kappa shape index (κ2) is 2.67. The molecule has 0 aromatic carbocycles. The molecule has 3 aliphatic rings. The van der Waals surface area contributed by atoms with Gasteiger partial charge in [-0.25, -0.2) is 0 Å². The predicted octanol–water partition coefficient (Wildman–Crippen LogP) is -1.66. The highest BCUT2D eigenvalue weighted by molar-refractivity contribution is 5.09. The predicted molar refractivity (Wildman–Crippen MR) is 48.1 cm³/mol. The average Bonchev–Trinajstić information content (AvgIpc) is 2.05. The van der Waals surface area contributed by atoms with Gasteiger partial charge in [0.05, 0.1) is 0 Å². The Bertz CT molecular complexity index is 148. The summed E-state index contributed by atoms with van der Waals surface area (Å²) < 4.78 is 0. The zero-order valence-corrected chi connectivity index (χ0v) is 7.19. The Balaban J connectivity index is 2.23. The Morgan fingerprint density at radius 2 is 0.833 bits per heavy atom. The lowest BCUT2D eigenvalue weighted by Crippen LogP contribution is -2.71. The second-order valence-corrected chi connectivity index (χ2v) is 4.21. The van der Waals surface area contributed by atoms with Crippen LogP contribution in [0.2, 0.25) is 0 Å². The Morgan fingerprint density at radius 1 is 0.583 bits per heavy atom. The molecule has 4 nitrogen and oxygen atoms in total. The van der Waals surface area contributed by atoms with Gasteiger partial charge in [0, 0.05) is 24.2 Å². The van der Waals surface area contributed by atoms with Crippen LogP contribution < -0.4 is 22.9 Å². The molecule has 0 aromatic rings. The topological polar surface area (TPSA) is 104 Å². The molecule has 4 unspecified atom stereocenters. The van der Waals surface area contributed by atoms with Crippen molar-refractivity contribution in [2.75, 3.05) is 0 Å². The van der Waals surface area contributed by atoms with E-state index in [1.54, 1.807) is 0 Å². The first-order chi connectivity index (χ1) is 5.63. The summed E-state index contributed by atoms with van der Waals surface area (Å²) in [6.45, 7) is 0. The van der Waals surface area contributed by atoms with E-state index >= 15 is 0 Å². The van der Waals surface area contributed by atoms with Crippen LogP contribution in [0.15, 0.2) is 0 Å². The van der Waals surface area contributed by atoms with Crippen LogP contribution >= 0.6 is 0 Å². The molecule has 2 bridgehead atoms. The van der Waals surface area contributed by atoms with Crippen LogP contribution in [0, 0.1) is 11.8 Å². The first-order valence-electron chi connectivity index (χ1n) is 4.65. The minimum absolute atomic E-state index is 0.0681. The van der Waals surface area contributed by atoms with E-state index in [-0.39, 0.29) is 24.2 Å². The van der Waals surface area contributed by atoms with Crippen molar-refractivity contribution < 1.29 is 0 Å². The maximum Gasteiger partial charge on any atom is 0.0239 e. The van der Waals surface area contributed by atoms with Crippen molar-refractivity contribution in [2.45, 2.75) is 37.0 Å². The van der Waals surface area contributed by atoms with E-state index in [4.69, 9.17) is 22.9 Å². The Kier molecular flexibility index (Phi) is 1.88. The number of fused-ring (bicyclic) bond motifs is 3. The minimum atomic E-state index is 0.0681. The third kappa shape index (κ3) is 0.925. The third-order valence-corrected chi connectivity index (χ3v) is 3.70. The summed E-state index contributed by atoms with van der Waals surface area (Å²) in [5.41, 5.74) is 23.8. The molecule has 4 atom stereocenters. The van der Waals surface area contributed by atoms with Crippen molar-refractivity contribution in [1.29, 1.82) is 0 Å². The Hall–Kier alpha value is -0.160. The monoisotopic (exact) mass is 170 g/mol. The standard InChI is InChI=1S/C8H18N4/c9-5-3-1-2-4(7(5)11)8(12)6(3)10/h3-8H,1-2,9-12H2. The average molecular weight is 170 g/mol. The molecule has 0 radical (unpaired) electrons. The maximum atomic E-state index is 5.96. The first kappa shape index (κ1) is 8.44.